The maximum absolute atomic E-state index is 14.8. The van der Waals surface area contributed by atoms with Gasteiger partial charge in [-0.15, -0.1) is 0 Å². The Bertz CT molecular complexity index is 3560. The summed E-state index contributed by atoms with van der Waals surface area (Å²) in [5, 5.41) is 86.0. The molecule has 0 spiro atoms. The topological polar surface area (TPSA) is 481 Å². The fourth-order valence-electron chi connectivity index (χ4n) is 10.4. The summed E-state index contributed by atoms with van der Waals surface area (Å²) in [6, 6.07) is -1.05. The second-order valence-corrected chi connectivity index (χ2v) is 23.7. The van der Waals surface area contributed by atoms with E-state index in [4.69, 9.17) is 18.9 Å². The Hall–Kier alpha value is -10.7. The molecule has 10 amide bonds. The molecule has 0 bridgehead atoms. The summed E-state index contributed by atoms with van der Waals surface area (Å²) < 4.78 is 21.5. The van der Waals surface area contributed by atoms with Gasteiger partial charge in [0.1, 0.15) is 48.3 Å². The number of nitrogens with one attached hydrogen (secondary N) is 4. The molecule has 0 saturated carbocycles. The highest BCUT2D eigenvalue weighted by Gasteiger charge is 2.47. The number of hydrazone groups is 2. The summed E-state index contributed by atoms with van der Waals surface area (Å²) in [7, 11) is 7.06. The van der Waals surface area contributed by atoms with Crippen LogP contribution >= 0.6 is 0 Å². The maximum atomic E-state index is 14.8. The van der Waals surface area contributed by atoms with Crippen molar-refractivity contribution in [1.82, 2.24) is 60.9 Å². The van der Waals surface area contributed by atoms with Gasteiger partial charge >= 0.3 is 11.9 Å². The minimum atomic E-state index is -2.21. The Labute approximate surface area is 546 Å². The predicted octanol–water partition coefficient (Wildman–Crippen LogP) is -4.55. The first-order valence-corrected chi connectivity index (χ1v) is 29.4. The number of aliphatic hydroxyl groups excluding tert-OH is 2. The number of rotatable bonds is 8. The van der Waals surface area contributed by atoms with Crippen molar-refractivity contribution in [3.05, 3.63) is 59.9 Å². The van der Waals surface area contributed by atoms with E-state index in [0.29, 0.717) is 42.1 Å². The average molecular weight is 1340 g/mol. The highest BCUT2D eigenvalue weighted by Crippen LogP contribution is 2.29. The van der Waals surface area contributed by atoms with Gasteiger partial charge in [0.05, 0.1) is 74.8 Å². The van der Waals surface area contributed by atoms with E-state index in [-0.39, 0.29) is 23.9 Å². The van der Waals surface area contributed by atoms with E-state index >= 15 is 0 Å². The molecule has 1 saturated heterocycles. The van der Waals surface area contributed by atoms with Crippen LogP contribution < -0.4 is 30.7 Å². The minimum Gasteiger partial charge on any atom is -0.505 e. The summed E-state index contributed by atoms with van der Waals surface area (Å²) >= 11 is 0. The van der Waals surface area contributed by atoms with Crippen molar-refractivity contribution in [3.8, 4) is 23.0 Å². The van der Waals surface area contributed by atoms with Crippen LogP contribution in [-0.2, 0) is 57.4 Å². The van der Waals surface area contributed by atoms with Crippen molar-refractivity contribution in [3.63, 3.8) is 0 Å². The van der Waals surface area contributed by atoms with Crippen molar-refractivity contribution in [2.45, 2.75) is 100 Å². The standard InChI is InChI=1S/C60H74N14O22/c1-59(2,91)49-57(89)95-27-35(67-51(83)45-39(77)21-29-19-31(93-9)11-13-33(29)65-45)55(87)73-47(37(75)15-17-63-73)53(85)62-24-42(80)70(6)26-44(82)72(8)50(60(3,4)92)58(90)96-28-36(68-52(84)46-40(78)22-30-20-32(94-10)12-14-34(30)66-46)56(88)74-48(38(76)16-18-64-74)54(86)61-23-41(79)69(5)25-43(81)71(49)7/h11-14,17-22,35-38,47-50,75-78,91-92H,15-16,23-28H2,1-10H3,(H,61,86)(H,62,85)(H,67,83)(H,68,84)/t35-,36-,37+,38+,47+,48?,49-,50-/m1/s1. The lowest BCUT2D eigenvalue weighted by Gasteiger charge is -2.37. The van der Waals surface area contributed by atoms with Crippen LogP contribution in [0.2, 0.25) is 0 Å². The second-order valence-electron chi connectivity index (χ2n) is 23.7. The summed E-state index contributed by atoms with van der Waals surface area (Å²) in [6.07, 6.45) is -2.28. The van der Waals surface area contributed by atoms with Gasteiger partial charge in [0.15, 0.2) is 35.6 Å². The van der Waals surface area contributed by atoms with Gasteiger partial charge < -0.3 is 90.5 Å². The van der Waals surface area contributed by atoms with Crippen LogP contribution in [0.15, 0.2) is 58.7 Å². The first-order valence-electron chi connectivity index (χ1n) is 29.4. The lowest BCUT2D eigenvalue weighted by atomic mass is 9.97. The van der Waals surface area contributed by atoms with Crippen molar-refractivity contribution in [2.75, 3.05) is 81.8 Å². The third kappa shape index (κ3) is 16.8. The van der Waals surface area contributed by atoms with E-state index in [1.54, 1.807) is 0 Å². The number of aromatic hydroxyl groups is 2. The van der Waals surface area contributed by atoms with Gasteiger partial charge in [-0.1, -0.05) is 0 Å². The normalized spacial score (nSPS) is 23.5. The van der Waals surface area contributed by atoms with Gasteiger partial charge in [0.2, 0.25) is 35.4 Å². The number of pyridine rings is 2. The molecule has 3 aliphatic rings. The van der Waals surface area contributed by atoms with Crippen LogP contribution in [0.1, 0.15) is 61.5 Å². The molecule has 96 heavy (non-hydrogen) atoms. The number of nitrogens with zero attached hydrogens (tertiary/aromatic N) is 10. The van der Waals surface area contributed by atoms with Crippen LogP contribution in [0, 0.1) is 0 Å². The molecule has 36 nitrogen and oxygen atoms in total. The maximum Gasteiger partial charge on any atom is 0.331 e. The quantitative estimate of drug-likeness (QED) is 0.0743. The van der Waals surface area contributed by atoms with Gasteiger partial charge in [-0.3, -0.25) is 47.9 Å². The number of benzene rings is 2. The molecule has 36 heteroatoms. The zero-order valence-corrected chi connectivity index (χ0v) is 53.7. The molecule has 1 unspecified atom stereocenters. The SMILES string of the molecule is COc1ccc2nc(C(=O)N[C@@H]3COC(=O)[C@H](C(C)(C)O)N(C)C(=O)CN(C)C(=O)CNC(=O)[C@@H]4[C@@H](O)CC=NN4C(=O)[C@H](NC(=O)c4nc5ccc(OC)cc5cc4O)COC(=O)[C@H](C(C)(C)O)N(C)C(=O)CN(C)C(=O)CNC(=O)C4[C@@H](O)CC=NN4C3=O)c(O)cc2c1. The molecule has 2 aromatic heterocycles. The molecule has 3 aliphatic heterocycles. The Balaban J connectivity index is 1.22. The van der Waals surface area contributed by atoms with Crippen molar-refractivity contribution < 1.29 is 107 Å². The van der Waals surface area contributed by atoms with E-state index in [0.717, 1.165) is 90.2 Å². The number of amides is 10. The van der Waals surface area contributed by atoms with E-state index in [1.807, 2.05) is 0 Å². The Morgan fingerprint density at radius 2 is 0.917 bits per heavy atom. The number of cyclic esters (lactones) is 2. The number of fused-ring (bicyclic) bond motifs is 4. The predicted molar refractivity (Wildman–Crippen MR) is 331 cm³/mol. The molecule has 10 N–H and O–H groups in total. The van der Waals surface area contributed by atoms with Crippen LogP contribution in [0.4, 0.5) is 0 Å². The number of ether oxygens (including phenoxy) is 4. The molecule has 0 aliphatic carbocycles. The number of carbonyl (C=O) groups is 12. The first kappa shape index (κ1) is 72.7. The smallest absolute Gasteiger partial charge is 0.331 e. The van der Waals surface area contributed by atoms with Gasteiger partial charge in [-0.25, -0.2) is 29.6 Å². The molecular formula is C60H74N14O22. The van der Waals surface area contributed by atoms with Gasteiger partial charge in [-0.05, 0) is 76.2 Å². The van der Waals surface area contributed by atoms with Crippen LogP contribution in [-0.4, -0.2) is 295 Å². The van der Waals surface area contributed by atoms with Gasteiger partial charge in [-0.2, -0.15) is 10.2 Å². The Morgan fingerprint density at radius 3 is 1.25 bits per heavy atom. The number of methoxy groups -OCH3 is 2. The lowest BCUT2D eigenvalue weighted by Crippen LogP contribution is -2.61. The molecule has 7 rings (SSSR count). The van der Waals surface area contributed by atoms with Crippen LogP contribution in [0.5, 0.6) is 23.0 Å². The number of likely N-dealkylation sites (N-methyl/N-ethyl adjacent to an activating group) is 4. The highest BCUT2D eigenvalue weighted by molar-refractivity contribution is 6.03. The van der Waals surface area contributed by atoms with Crippen molar-refractivity contribution in [2.24, 2.45) is 10.2 Å². The van der Waals surface area contributed by atoms with E-state index in [2.05, 4.69) is 41.4 Å². The van der Waals surface area contributed by atoms with Crippen molar-refractivity contribution >= 4 is 105 Å². The number of hydrogen-bond acceptors (Lipinski definition) is 26. The molecule has 4 aromatic rings. The molecule has 8 atom stereocenters. The van der Waals surface area contributed by atoms with E-state index in [9.17, 15) is 88.2 Å². The third-order valence-electron chi connectivity index (χ3n) is 15.5. The molecule has 5 heterocycles. The number of aromatic nitrogens is 2. The summed E-state index contributed by atoms with van der Waals surface area (Å²) in [4.78, 5) is 181. The van der Waals surface area contributed by atoms with Crippen molar-refractivity contribution in [1.29, 1.82) is 0 Å². The number of carbonyl (C=O) groups excluding carboxylic acids is 12. The summed E-state index contributed by atoms with van der Waals surface area (Å²) in [6.45, 7) is -1.67. The average Bonchev–Trinajstić information content (AvgIpc) is 0.822. The lowest BCUT2D eigenvalue weighted by molar-refractivity contribution is -0.166. The van der Waals surface area contributed by atoms with E-state index < -0.39 is 193 Å². The Kier molecular flexibility index (Phi) is 22.8. The third-order valence-corrected chi connectivity index (χ3v) is 15.5. The minimum absolute atomic E-state index is 0.155. The van der Waals surface area contributed by atoms with Gasteiger partial charge in [0, 0.05) is 64.2 Å². The highest BCUT2D eigenvalue weighted by atomic mass is 16.5. The number of aliphatic hydroxyl groups is 4. The Morgan fingerprint density at radius 1 is 0.562 bits per heavy atom. The fourth-order valence-corrected chi connectivity index (χ4v) is 10.4. The second kappa shape index (κ2) is 30.1. The first-order chi connectivity index (χ1) is 45.1. The number of esters is 2. The summed E-state index contributed by atoms with van der Waals surface area (Å²) in [5.41, 5.74) is -5.44. The molecule has 0 radical (unpaired) electrons. The molecular weight excluding hydrogens is 1270 g/mol. The van der Waals surface area contributed by atoms with E-state index in [1.165, 1.54) is 50.6 Å². The molecule has 2 aromatic carbocycles. The molecule has 1 fully saturated rings. The zero-order chi connectivity index (χ0) is 71.0. The monoisotopic (exact) mass is 1340 g/mol. The fraction of sp³-hybridized carbons (Fsp3) is 0.467. The zero-order valence-electron chi connectivity index (χ0n) is 53.7. The molecule has 516 valence electrons. The summed E-state index contributed by atoms with van der Waals surface area (Å²) in [5.74, 6) is -15.5. The largest absolute Gasteiger partial charge is 0.505 e. The van der Waals surface area contributed by atoms with Gasteiger partial charge in [0.25, 0.3) is 23.6 Å². The number of hydrogen-bond donors (Lipinski definition) is 10. The van der Waals surface area contributed by atoms with Crippen LogP contribution in [0.25, 0.3) is 21.8 Å². The van der Waals surface area contributed by atoms with Crippen LogP contribution in [0.3, 0.4) is 0 Å².